The van der Waals surface area contributed by atoms with E-state index in [2.05, 4.69) is 15.9 Å². The minimum atomic E-state index is -0.422. The maximum absolute atomic E-state index is 11.6. The number of methoxy groups -OCH3 is 1. The number of thioether (sulfide) groups is 1. The Kier molecular flexibility index (Phi) is 6.20. The maximum Gasteiger partial charge on any atom is 0.316 e. The Bertz CT molecular complexity index is 441. The van der Waals surface area contributed by atoms with Gasteiger partial charge in [-0.25, -0.2) is 0 Å². The second kappa shape index (κ2) is 7.20. The summed E-state index contributed by atoms with van der Waals surface area (Å²) in [5.41, 5.74) is 0.682. The minimum absolute atomic E-state index is 0.184. The molecule has 1 rings (SSSR count). The summed E-state index contributed by atoms with van der Waals surface area (Å²) in [4.78, 5) is 11.6. The highest BCUT2D eigenvalue weighted by Crippen LogP contribution is 2.26. The summed E-state index contributed by atoms with van der Waals surface area (Å²) in [6.45, 7) is 5.61. The summed E-state index contributed by atoms with van der Waals surface area (Å²) in [7, 11) is 1.64. The Hall–Kier alpha value is -0.680. The van der Waals surface area contributed by atoms with Crippen LogP contribution in [-0.2, 0) is 15.3 Å². The molecule has 0 bridgehead atoms. The van der Waals surface area contributed by atoms with Gasteiger partial charge in [0.05, 0.1) is 12.9 Å². The van der Waals surface area contributed by atoms with E-state index in [9.17, 15) is 4.79 Å². The van der Waals surface area contributed by atoms with Gasteiger partial charge in [0.25, 0.3) is 0 Å². The molecule has 0 N–H and O–H groups in total. The van der Waals surface area contributed by atoms with Crippen LogP contribution in [0.3, 0.4) is 0 Å². The number of rotatable bonds is 5. The van der Waals surface area contributed by atoms with Crippen molar-refractivity contribution >= 4 is 33.7 Å². The van der Waals surface area contributed by atoms with Gasteiger partial charge in [0.2, 0.25) is 0 Å². The molecule has 0 saturated heterocycles. The molecule has 0 atom stereocenters. The van der Waals surface area contributed by atoms with Crippen molar-refractivity contribution in [2.75, 3.05) is 12.9 Å². The highest BCUT2D eigenvalue weighted by Gasteiger charge is 2.16. The summed E-state index contributed by atoms with van der Waals surface area (Å²) in [5, 5.41) is 0. The van der Waals surface area contributed by atoms with Gasteiger partial charge in [-0.05, 0) is 44.5 Å². The third-order valence-electron chi connectivity index (χ3n) is 2.15. The zero-order chi connectivity index (χ0) is 14.5. The molecule has 0 unspecified atom stereocenters. The highest BCUT2D eigenvalue weighted by atomic mass is 79.9. The van der Waals surface area contributed by atoms with Crippen molar-refractivity contribution in [3.8, 4) is 5.75 Å². The van der Waals surface area contributed by atoms with Gasteiger partial charge in [-0.1, -0.05) is 15.9 Å². The third-order valence-corrected chi connectivity index (χ3v) is 3.88. The molecule has 0 aromatic heterocycles. The molecule has 0 saturated carbocycles. The van der Waals surface area contributed by atoms with Crippen LogP contribution in [0.1, 0.15) is 26.3 Å². The molecule has 0 spiro atoms. The Morgan fingerprint density at radius 3 is 2.63 bits per heavy atom. The standard InChI is InChI=1S/C14H19BrO3S/c1-14(2,3)18-13(16)9-19-8-10-7-11(17-4)5-6-12(10)15/h5-7H,8-9H2,1-4H3. The van der Waals surface area contributed by atoms with Crippen LogP contribution >= 0.6 is 27.7 Å². The molecule has 19 heavy (non-hydrogen) atoms. The van der Waals surface area contributed by atoms with Crippen molar-refractivity contribution in [3.63, 3.8) is 0 Å². The van der Waals surface area contributed by atoms with E-state index in [-0.39, 0.29) is 5.97 Å². The normalized spacial score (nSPS) is 11.2. The number of esters is 1. The summed E-state index contributed by atoms with van der Waals surface area (Å²) >= 11 is 5.02. The van der Waals surface area contributed by atoms with Crippen LogP contribution in [0.25, 0.3) is 0 Å². The SMILES string of the molecule is COc1ccc(Br)c(CSCC(=O)OC(C)(C)C)c1. The number of carbonyl (C=O) groups excluding carboxylic acids is 1. The first kappa shape index (κ1) is 16.4. The van der Waals surface area contributed by atoms with Gasteiger partial charge in [-0.15, -0.1) is 11.8 Å². The Morgan fingerprint density at radius 2 is 2.05 bits per heavy atom. The molecule has 3 nitrogen and oxygen atoms in total. The zero-order valence-corrected chi connectivity index (χ0v) is 14.1. The Morgan fingerprint density at radius 1 is 1.37 bits per heavy atom. The quantitative estimate of drug-likeness (QED) is 0.754. The number of ether oxygens (including phenoxy) is 2. The van der Waals surface area contributed by atoms with E-state index in [1.807, 2.05) is 39.0 Å². The lowest BCUT2D eigenvalue weighted by Crippen LogP contribution is -2.24. The number of carbonyl (C=O) groups is 1. The average molecular weight is 347 g/mol. The molecule has 0 amide bonds. The summed E-state index contributed by atoms with van der Waals surface area (Å²) < 4.78 is 11.5. The van der Waals surface area contributed by atoms with Gasteiger partial charge in [-0.2, -0.15) is 0 Å². The summed E-state index contributed by atoms with van der Waals surface area (Å²) in [6, 6.07) is 5.81. The van der Waals surface area contributed by atoms with Gasteiger partial charge in [-0.3, -0.25) is 4.79 Å². The van der Waals surface area contributed by atoms with Crippen LogP contribution in [0.5, 0.6) is 5.75 Å². The van der Waals surface area contributed by atoms with E-state index in [0.717, 1.165) is 21.5 Å². The van der Waals surface area contributed by atoms with Crippen molar-refractivity contribution in [1.82, 2.24) is 0 Å². The summed E-state index contributed by atoms with van der Waals surface area (Å²) in [5.74, 6) is 1.71. The van der Waals surface area contributed by atoms with Crippen molar-refractivity contribution < 1.29 is 14.3 Å². The lowest BCUT2D eigenvalue weighted by atomic mass is 10.2. The molecule has 0 aliphatic rings. The first-order chi connectivity index (χ1) is 8.81. The maximum atomic E-state index is 11.6. The number of halogens is 1. The van der Waals surface area contributed by atoms with Crippen LogP contribution in [0.4, 0.5) is 0 Å². The van der Waals surface area contributed by atoms with Crippen molar-refractivity contribution in [3.05, 3.63) is 28.2 Å². The molecule has 0 heterocycles. The number of benzene rings is 1. The van der Waals surface area contributed by atoms with E-state index in [1.165, 1.54) is 11.8 Å². The predicted octanol–water partition coefficient (Wildman–Crippen LogP) is 4.03. The van der Waals surface area contributed by atoms with Crippen LogP contribution < -0.4 is 4.74 Å². The van der Waals surface area contributed by atoms with E-state index in [4.69, 9.17) is 9.47 Å². The molecular weight excluding hydrogens is 328 g/mol. The number of hydrogen-bond acceptors (Lipinski definition) is 4. The monoisotopic (exact) mass is 346 g/mol. The van der Waals surface area contributed by atoms with Gasteiger partial charge < -0.3 is 9.47 Å². The van der Waals surface area contributed by atoms with E-state index in [0.29, 0.717) is 5.75 Å². The topological polar surface area (TPSA) is 35.5 Å². The highest BCUT2D eigenvalue weighted by molar-refractivity contribution is 9.10. The molecular formula is C14H19BrO3S. The Labute approximate surface area is 127 Å². The molecule has 5 heteroatoms. The summed E-state index contributed by atoms with van der Waals surface area (Å²) in [6.07, 6.45) is 0. The van der Waals surface area contributed by atoms with Gasteiger partial charge in [0.1, 0.15) is 11.4 Å². The molecule has 0 aliphatic carbocycles. The van der Waals surface area contributed by atoms with Crippen molar-refractivity contribution in [1.29, 1.82) is 0 Å². The lowest BCUT2D eigenvalue weighted by molar-refractivity contribution is -0.151. The van der Waals surface area contributed by atoms with Crippen LogP contribution in [0.15, 0.2) is 22.7 Å². The fourth-order valence-electron chi connectivity index (χ4n) is 1.40. The molecule has 0 aliphatic heterocycles. The fraction of sp³-hybridized carbons (Fsp3) is 0.500. The van der Waals surface area contributed by atoms with Gasteiger partial charge in [0.15, 0.2) is 0 Å². The third kappa shape index (κ3) is 6.34. The average Bonchev–Trinajstić information content (AvgIpc) is 2.29. The van der Waals surface area contributed by atoms with E-state index < -0.39 is 5.60 Å². The largest absolute Gasteiger partial charge is 0.497 e. The molecule has 0 fully saturated rings. The predicted molar refractivity (Wildman–Crippen MR) is 82.7 cm³/mol. The molecule has 1 aromatic rings. The fourth-order valence-corrected chi connectivity index (χ4v) is 2.76. The van der Waals surface area contributed by atoms with E-state index >= 15 is 0 Å². The molecule has 106 valence electrons. The Balaban J connectivity index is 2.47. The van der Waals surface area contributed by atoms with Gasteiger partial charge in [0, 0.05) is 10.2 Å². The van der Waals surface area contributed by atoms with E-state index in [1.54, 1.807) is 7.11 Å². The van der Waals surface area contributed by atoms with Crippen LogP contribution in [0.2, 0.25) is 0 Å². The van der Waals surface area contributed by atoms with Crippen molar-refractivity contribution in [2.45, 2.75) is 32.1 Å². The lowest BCUT2D eigenvalue weighted by Gasteiger charge is -2.19. The second-order valence-corrected chi connectivity index (χ2v) is 6.88. The molecule has 0 radical (unpaired) electrons. The number of hydrogen-bond donors (Lipinski definition) is 0. The molecule has 1 aromatic carbocycles. The van der Waals surface area contributed by atoms with Crippen molar-refractivity contribution in [2.24, 2.45) is 0 Å². The minimum Gasteiger partial charge on any atom is -0.497 e. The van der Waals surface area contributed by atoms with Crippen LogP contribution in [0, 0.1) is 0 Å². The first-order valence-corrected chi connectivity index (χ1v) is 7.88. The first-order valence-electron chi connectivity index (χ1n) is 5.94. The zero-order valence-electron chi connectivity index (χ0n) is 11.7. The van der Waals surface area contributed by atoms with Gasteiger partial charge >= 0.3 is 5.97 Å². The van der Waals surface area contributed by atoms with Crippen LogP contribution in [-0.4, -0.2) is 24.4 Å². The second-order valence-electron chi connectivity index (χ2n) is 5.04. The smallest absolute Gasteiger partial charge is 0.316 e.